The molecule has 0 spiro atoms. The summed E-state index contributed by atoms with van der Waals surface area (Å²) in [6.45, 7) is 0.599. The number of amides is 4. The largest absolute Gasteiger partial charge is 0.505 e. The fraction of sp³-hybridized carbons (Fsp3) is 0.346. The number of hydrogen-bond donors (Lipinski definition) is 3. The third-order valence-corrected chi connectivity index (χ3v) is 7.04. The maximum Gasteiger partial charge on any atom is 0.308 e. The molecule has 2 aromatic rings. The summed E-state index contributed by atoms with van der Waals surface area (Å²) in [6.07, 6.45) is -0.547. The Bertz CT molecular complexity index is 1350. The molecule has 2 aromatic carbocycles. The summed E-state index contributed by atoms with van der Waals surface area (Å²) in [7, 11) is 1.35. The molecular weight excluding hydrogens is 567 g/mol. The first kappa shape index (κ1) is 29.1. The second-order valence-corrected chi connectivity index (χ2v) is 10.1. The average molecular weight is 593 g/mol. The summed E-state index contributed by atoms with van der Waals surface area (Å²) in [6, 6.07) is 6.96. The normalized spacial score (nSPS) is 20.4. The first-order chi connectivity index (χ1) is 19.0. The van der Waals surface area contributed by atoms with Crippen LogP contribution in [0, 0.1) is 0 Å². The summed E-state index contributed by atoms with van der Waals surface area (Å²) in [5.41, 5.74) is 0.540. The van der Waals surface area contributed by atoms with Crippen LogP contribution in [0.2, 0.25) is 10.0 Å². The Kier molecular flexibility index (Phi) is 8.82. The van der Waals surface area contributed by atoms with Crippen LogP contribution in [0.25, 0.3) is 0 Å². The van der Waals surface area contributed by atoms with Gasteiger partial charge in [0.05, 0.1) is 40.4 Å². The number of phenols is 1. The summed E-state index contributed by atoms with van der Waals surface area (Å²) in [5, 5.41) is 14.8. The van der Waals surface area contributed by atoms with E-state index in [0.29, 0.717) is 5.69 Å². The predicted molar refractivity (Wildman–Crippen MR) is 145 cm³/mol. The third-order valence-electron chi connectivity index (χ3n) is 6.46. The van der Waals surface area contributed by atoms with Crippen molar-refractivity contribution < 1.29 is 38.6 Å². The van der Waals surface area contributed by atoms with E-state index in [4.69, 9.17) is 32.7 Å². The first-order valence-electron chi connectivity index (χ1n) is 12.2. The van der Waals surface area contributed by atoms with Gasteiger partial charge in [0.2, 0.25) is 5.91 Å². The Morgan fingerprint density at radius 1 is 1.10 bits per heavy atom. The number of methoxy groups -OCH3 is 1. The molecule has 0 aliphatic carbocycles. The molecule has 14 heteroatoms. The summed E-state index contributed by atoms with van der Waals surface area (Å²) in [4.78, 5) is 67.2. The van der Waals surface area contributed by atoms with E-state index in [1.54, 1.807) is 31.2 Å². The van der Waals surface area contributed by atoms with Gasteiger partial charge in [0.25, 0.3) is 17.7 Å². The van der Waals surface area contributed by atoms with Crippen molar-refractivity contribution >= 4 is 64.2 Å². The first-order valence-corrected chi connectivity index (χ1v) is 12.9. The Morgan fingerprint density at radius 3 is 2.35 bits per heavy atom. The molecule has 1 saturated heterocycles. The number of benzene rings is 2. The number of aromatic hydroxyl groups is 1. The molecule has 0 aromatic heterocycles. The monoisotopic (exact) mass is 592 g/mol. The lowest BCUT2D eigenvalue weighted by Crippen LogP contribution is -2.55. The maximum atomic E-state index is 13.9. The predicted octanol–water partition coefficient (Wildman–Crippen LogP) is 1.64. The van der Waals surface area contributed by atoms with Gasteiger partial charge in [-0.2, -0.15) is 0 Å². The fourth-order valence-electron chi connectivity index (χ4n) is 4.48. The minimum Gasteiger partial charge on any atom is -0.505 e. The topological polar surface area (TPSA) is 155 Å². The number of carbonyl (C=O) groups is 5. The number of phenolic OH excluding ortho intramolecular Hbond substituents is 1. The molecule has 1 unspecified atom stereocenters. The van der Waals surface area contributed by atoms with Gasteiger partial charge in [-0.15, -0.1) is 0 Å². The quantitative estimate of drug-likeness (QED) is 0.410. The zero-order valence-electron chi connectivity index (χ0n) is 21.5. The van der Waals surface area contributed by atoms with Crippen LogP contribution in [0.15, 0.2) is 36.4 Å². The number of ether oxygens (including phenoxy) is 2. The smallest absolute Gasteiger partial charge is 0.308 e. The molecule has 0 bridgehead atoms. The Hall–Kier alpha value is -3.87. The summed E-state index contributed by atoms with van der Waals surface area (Å²) < 4.78 is 10.1. The van der Waals surface area contributed by atoms with Gasteiger partial charge in [0.15, 0.2) is 5.75 Å². The van der Waals surface area contributed by atoms with Crippen LogP contribution in [0.4, 0.5) is 11.4 Å². The third kappa shape index (κ3) is 6.14. The standard InChI is InChI=1S/C26H26Cl2N4O8/c1-13-17(9-23(35)40-13)29-21(33)11-32-20-6-4-3-5-19(20)31(22(34)12-39-2)10-18(26(32)38)30-25(37)14-7-15(27)24(36)16(28)8-14/h3-8,13,17-18,36H,9-12H2,1-2H3,(H,29,33)(H,30,37)/t13?,17-,18-/m0/s1. The van der Waals surface area contributed by atoms with E-state index in [1.807, 2.05) is 0 Å². The SMILES string of the molecule is COCC(=O)N1C[C@H](NC(=O)c2cc(Cl)c(O)c(Cl)c2)C(=O)N(CC(=O)N[C@H]2CC(=O)OC2C)c2ccccc21. The van der Waals surface area contributed by atoms with E-state index in [9.17, 15) is 29.1 Å². The second-order valence-electron chi connectivity index (χ2n) is 9.24. The molecule has 1 fully saturated rings. The van der Waals surface area contributed by atoms with Crippen LogP contribution >= 0.6 is 23.2 Å². The van der Waals surface area contributed by atoms with Crippen molar-refractivity contribution in [3.8, 4) is 5.75 Å². The van der Waals surface area contributed by atoms with Gasteiger partial charge in [-0.05, 0) is 31.2 Å². The Labute approximate surface area is 239 Å². The lowest BCUT2D eigenvalue weighted by Gasteiger charge is -2.26. The number of hydrogen-bond acceptors (Lipinski definition) is 8. The summed E-state index contributed by atoms with van der Waals surface area (Å²) >= 11 is 11.9. The fourth-order valence-corrected chi connectivity index (χ4v) is 4.97. The van der Waals surface area contributed by atoms with Crippen LogP contribution in [0.5, 0.6) is 5.75 Å². The highest BCUT2D eigenvalue weighted by Gasteiger charge is 2.39. The molecule has 3 N–H and O–H groups in total. The molecule has 4 amide bonds. The van der Waals surface area contributed by atoms with Gasteiger partial charge < -0.3 is 30.1 Å². The highest BCUT2D eigenvalue weighted by molar-refractivity contribution is 6.37. The number of rotatable bonds is 7. The van der Waals surface area contributed by atoms with E-state index < -0.39 is 60.1 Å². The molecule has 12 nitrogen and oxygen atoms in total. The van der Waals surface area contributed by atoms with E-state index >= 15 is 0 Å². The number of nitrogens with one attached hydrogen (secondary N) is 2. The lowest BCUT2D eigenvalue weighted by atomic mass is 10.1. The molecule has 2 aliphatic heterocycles. The molecule has 212 valence electrons. The number of carbonyl (C=O) groups excluding carboxylic acids is 5. The zero-order chi connectivity index (χ0) is 29.1. The minimum absolute atomic E-state index is 0.00678. The van der Waals surface area contributed by atoms with Crippen molar-refractivity contribution in [3.63, 3.8) is 0 Å². The number of fused-ring (bicyclic) bond motifs is 1. The highest BCUT2D eigenvalue weighted by Crippen LogP contribution is 2.34. The van der Waals surface area contributed by atoms with E-state index in [-0.39, 0.29) is 40.9 Å². The zero-order valence-corrected chi connectivity index (χ0v) is 23.0. The molecule has 0 saturated carbocycles. The molecule has 3 atom stereocenters. The lowest BCUT2D eigenvalue weighted by molar-refractivity contribution is -0.141. The number of esters is 1. The van der Waals surface area contributed by atoms with Crippen LogP contribution < -0.4 is 20.4 Å². The molecule has 2 heterocycles. The van der Waals surface area contributed by atoms with Crippen molar-refractivity contribution in [3.05, 3.63) is 52.0 Å². The second kappa shape index (κ2) is 12.1. The minimum atomic E-state index is -1.31. The summed E-state index contributed by atoms with van der Waals surface area (Å²) in [5.74, 6) is -3.34. The van der Waals surface area contributed by atoms with Crippen LogP contribution in [0.1, 0.15) is 23.7 Å². The van der Waals surface area contributed by atoms with Gasteiger partial charge in [-0.3, -0.25) is 28.9 Å². The number of anilines is 2. The number of nitrogens with zero attached hydrogens (tertiary/aromatic N) is 2. The van der Waals surface area contributed by atoms with E-state index in [1.165, 1.54) is 24.1 Å². The van der Waals surface area contributed by atoms with Crippen LogP contribution in [-0.4, -0.2) is 79.7 Å². The van der Waals surface area contributed by atoms with E-state index in [2.05, 4.69) is 10.6 Å². The van der Waals surface area contributed by atoms with Crippen LogP contribution in [0.3, 0.4) is 0 Å². The van der Waals surface area contributed by atoms with Crippen molar-refractivity contribution in [1.29, 1.82) is 0 Å². The molecule has 2 aliphatic rings. The van der Waals surface area contributed by atoms with Crippen molar-refractivity contribution in [2.45, 2.75) is 31.5 Å². The number of para-hydroxylation sites is 2. The van der Waals surface area contributed by atoms with Crippen molar-refractivity contribution in [2.75, 3.05) is 36.6 Å². The van der Waals surface area contributed by atoms with Crippen LogP contribution in [-0.2, 0) is 28.7 Å². The Morgan fingerprint density at radius 2 is 1.75 bits per heavy atom. The molecular formula is C26H26Cl2N4O8. The van der Waals surface area contributed by atoms with E-state index in [0.717, 1.165) is 4.90 Å². The average Bonchev–Trinajstić information content (AvgIpc) is 3.17. The van der Waals surface area contributed by atoms with Gasteiger partial charge in [0.1, 0.15) is 25.3 Å². The van der Waals surface area contributed by atoms with Crippen molar-refractivity contribution in [1.82, 2.24) is 10.6 Å². The van der Waals surface area contributed by atoms with Crippen molar-refractivity contribution in [2.24, 2.45) is 0 Å². The van der Waals surface area contributed by atoms with Gasteiger partial charge in [-0.1, -0.05) is 35.3 Å². The molecule has 0 radical (unpaired) electrons. The molecule has 4 rings (SSSR count). The van der Waals surface area contributed by atoms with Gasteiger partial charge in [-0.25, -0.2) is 0 Å². The number of cyclic esters (lactones) is 1. The maximum absolute atomic E-state index is 13.9. The van der Waals surface area contributed by atoms with Gasteiger partial charge in [0, 0.05) is 12.7 Å². The molecule has 40 heavy (non-hydrogen) atoms. The highest BCUT2D eigenvalue weighted by atomic mass is 35.5. The van der Waals surface area contributed by atoms with Gasteiger partial charge >= 0.3 is 5.97 Å². The number of halogens is 2. The Balaban J connectivity index is 1.67.